The van der Waals surface area contributed by atoms with Crippen molar-refractivity contribution in [2.45, 2.75) is 67.9 Å². The van der Waals surface area contributed by atoms with Gasteiger partial charge >= 0.3 is 12.1 Å². The van der Waals surface area contributed by atoms with E-state index in [0.29, 0.717) is 6.54 Å². The van der Waals surface area contributed by atoms with Gasteiger partial charge < -0.3 is 25.6 Å². The van der Waals surface area contributed by atoms with Crippen molar-refractivity contribution in [3.05, 3.63) is 0 Å². The smallest absolute Gasteiger partial charge is 0.407 e. The molecule has 27 heavy (non-hydrogen) atoms. The number of hydrogen-bond donors (Lipinski definition) is 3. The fraction of sp³-hybridized carbons (Fsp3) is 0.900. The van der Waals surface area contributed by atoms with E-state index in [1.165, 1.54) is 0 Å². The van der Waals surface area contributed by atoms with Gasteiger partial charge in [0.05, 0.1) is 0 Å². The van der Waals surface area contributed by atoms with Gasteiger partial charge in [0, 0.05) is 39.3 Å². The van der Waals surface area contributed by atoms with Crippen molar-refractivity contribution in [2.24, 2.45) is 10.8 Å². The highest BCUT2D eigenvalue weighted by atomic mass is 16.6. The number of hydrogen-bond acceptors (Lipinski definition) is 4. The van der Waals surface area contributed by atoms with Gasteiger partial charge in [-0.25, -0.2) is 9.59 Å². The van der Waals surface area contributed by atoms with E-state index in [4.69, 9.17) is 4.74 Å². The molecule has 0 saturated carbocycles. The van der Waals surface area contributed by atoms with E-state index >= 15 is 0 Å². The molecule has 1 heterocycles. The van der Waals surface area contributed by atoms with Crippen molar-refractivity contribution in [3.63, 3.8) is 0 Å². The molecular formula is C20H42N4O3. The van der Waals surface area contributed by atoms with Crippen LogP contribution < -0.4 is 16.0 Å². The number of amides is 3. The molecule has 160 valence electrons. The minimum Gasteiger partial charge on any atom is -0.444 e. The second-order valence-electron chi connectivity index (χ2n) is 10.4. The molecule has 1 aliphatic rings. The summed E-state index contributed by atoms with van der Waals surface area (Å²) in [4.78, 5) is 24.2. The first-order valence-electron chi connectivity index (χ1n) is 9.79. The number of carbonyl (C=O) groups is 2. The van der Waals surface area contributed by atoms with Crippen LogP contribution in [-0.4, -0.2) is 61.9 Å². The first kappa shape index (κ1) is 25.5. The minimum absolute atomic E-state index is 0.0833. The third-order valence-corrected chi connectivity index (χ3v) is 3.24. The summed E-state index contributed by atoms with van der Waals surface area (Å²) < 4.78 is 5.11. The molecular weight excluding hydrogens is 344 g/mol. The van der Waals surface area contributed by atoms with Crippen molar-refractivity contribution in [1.82, 2.24) is 20.9 Å². The zero-order valence-electron chi connectivity index (χ0n) is 18.9. The number of nitrogens with one attached hydrogen (secondary N) is 3. The number of carbonyl (C=O) groups excluding carboxylic acids is 2. The highest BCUT2D eigenvalue weighted by Crippen LogP contribution is 2.16. The third-order valence-electron chi connectivity index (χ3n) is 3.24. The van der Waals surface area contributed by atoms with E-state index in [2.05, 4.69) is 57.5 Å². The van der Waals surface area contributed by atoms with E-state index in [1.54, 1.807) is 0 Å². The summed E-state index contributed by atoms with van der Waals surface area (Å²) in [6, 6.07) is 0.0833. The highest BCUT2D eigenvalue weighted by Gasteiger charge is 2.24. The van der Waals surface area contributed by atoms with Crippen molar-refractivity contribution >= 4 is 12.1 Å². The maximum absolute atomic E-state index is 11.3. The lowest BCUT2D eigenvalue weighted by Gasteiger charge is -2.24. The quantitative estimate of drug-likeness (QED) is 0.634. The van der Waals surface area contributed by atoms with Gasteiger partial charge in [0.25, 0.3) is 0 Å². The monoisotopic (exact) mass is 386 g/mol. The molecule has 0 aliphatic carbocycles. The van der Waals surface area contributed by atoms with Crippen LogP contribution in [0.2, 0.25) is 0 Å². The van der Waals surface area contributed by atoms with Crippen molar-refractivity contribution < 1.29 is 14.3 Å². The molecule has 0 aromatic rings. The first-order chi connectivity index (χ1) is 12.1. The Balaban J connectivity index is 0.000000533. The standard InChI is InChI=1S/C12H26N2O2.C8H16N2O/c1-11(2,3)9-13-7-8-14-10(15)16-12(4,5)6;1-8(2,3)6-10-5-4-9-7(10)11/h13H,7-9H2,1-6H3,(H,14,15);4-6H2,1-3H3,(H,9,11). The molecule has 3 amide bonds. The normalized spacial score (nSPS) is 15.0. The van der Waals surface area contributed by atoms with Crippen LogP contribution in [0.3, 0.4) is 0 Å². The zero-order valence-corrected chi connectivity index (χ0v) is 18.9. The Morgan fingerprint density at radius 1 is 1.04 bits per heavy atom. The maximum atomic E-state index is 11.3. The van der Waals surface area contributed by atoms with Crippen LogP contribution in [0, 0.1) is 10.8 Å². The molecule has 7 nitrogen and oxygen atoms in total. The lowest BCUT2D eigenvalue weighted by Crippen LogP contribution is -2.38. The fourth-order valence-corrected chi connectivity index (χ4v) is 2.27. The third kappa shape index (κ3) is 16.4. The number of urea groups is 1. The van der Waals surface area contributed by atoms with Gasteiger partial charge in [0.15, 0.2) is 0 Å². The van der Waals surface area contributed by atoms with Crippen LogP contribution in [0.15, 0.2) is 0 Å². The SMILES string of the molecule is CC(C)(C)CN1CCNC1=O.CC(C)(C)CNCCNC(=O)OC(C)(C)C. The average molecular weight is 387 g/mol. The van der Waals surface area contributed by atoms with Crippen LogP contribution in [0.1, 0.15) is 62.3 Å². The van der Waals surface area contributed by atoms with E-state index in [-0.39, 0.29) is 23.0 Å². The predicted molar refractivity (Wildman–Crippen MR) is 111 cm³/mol. The molecule has 0 radical (unpaired) electrons. The second-order valence-corrected chi connectivity index (χ2v) is 10.4. The van der Waals surface area contributed by atoms with Gasteiger partial charge in [0.1, 0.15) is 5.60 Å². The van der Waals surface area contributed by atoms with Crippen LogP contribution >= 0.6 is 0 Å². The molecule has 0 atom stereocenters. The highest BCUT2D eigenvalue weighted by molar-refractivity contribution is 5.76. The van der Waals surface area contributed by atoms with Gasteiger partial charge in [-0.1, -0.05) is 41.5 Å². The Morgan fingerprint density at radius 2 is 1.63 bits per heavy atom. The molecule has 7 heteroatoms. The van der Waals surface area contributed by atoms with Gasteiger partial charge in [0.2, 0.25) is 0 Å². The molecule has 1 fully saturated rings. The first-order valence-corrected chi connectivity index (χ1v) is 9.79. The van der Waals surface area contributed by atoms with Gasteiger partial charge in [-0.15, -0.1) is 0 Å². The molecule has 1 rings (SSSR count). The van der Waals surface area contributed by atoms with Crippen LogP contribution in [-0.2, 0) is 4.74 Å². The molecule has 0 bridgehead atoms. The summed E-state index contributed by atoms with van der Waals surface area (Å²) in [5.74, 6) is 0. The lowest BCUT2D eigenvalue weighted by molar-refractivity contribution is 0.0528. The van der Waals surface area contributed by atoms with E-state index in [1.807, 2.05) is 25.7 Å². The summed E-state index contributed by atoms with van der Waals surface area (Å²) in [7, 11) is 0. The number of ether oxygens (including phenoxy) is 1. The van der Waals surface area contributed by atoms with Gasteiger partial charge in [-0.3, -0.25) is 0 Å². The molecule has 0 spiro atoms. The van der Waals surface area contributed by atoms with E-state index in [0.717, 1.165) is 32.7 Å². The fourth-order valence-electron chi connectivity index (χ4n) is 2.27. The largest absolute Gasteiger partial charge is 0.444 e. The second kappa shape index (κ2) is 10.7. The molecule has 3 N–H and O–H groups in total. The number of alkyl carbamates (subject to hydrolysis) is 1. The average Bonchev–Trinajstić information content (AvgIpc) is 2.79. The Labute approximate surface area is 166 Å². The summed E-state index contributed by atoms with van der Waals surface area (Å²) >= 11 is 0. The summed E-state index contributed by atoms with van der Waals surface area (Å²) in [6.07, 6.45) is -0.356. The Hall–Kier alpha value is -1.50. The Morgan fingerprint density at radius 3 is 2.04 bits per heavy atom. The molecule has 0 aromatic heterocycles. The zero-order chi connectivity index (χ0) is 21.3. The molecule has 1 aliphatic heterocycles. The maximum Gasteiger partial charge on any atom is 0.407 e. The summed E-state index contributed by atoms with van der Waals surface area (Å²) in [5, 5.41) is 8.75. The molecule has 0 unspecified atom stereocenters. The van der Waals surface area contributed by atoms with E-state index in [9.17, 15) is 9.59 Å². The lowest BCUT2D eigenvalue weighted by atomic mass is 9.96. The minimum atomic E-state index is -0.428. The Bertz CT molecular complexity index is 459. The van der Waals surface area contributed by atoms with Crippen molar-refractivity contribution in [2.75, 3.05) is 39.3 Å². The van der Waals surface area contributed by atoms with Crippen LogP contribution in [0.5, 0.6) is 0 Å². The van der Waals surface area contributed by atoms with Gasteiger partial charge in [-0.05, 0) is 31.6 Å². The van der Waals surface area contributed by atoms with Crippen LogP contribution in [0.4, 0.5) is 9.59 Å². The Kier molecular flexibility index (Phi) is 10.1. The number of rotatable bonds is 5. The topological polar surface area (TPSA) is 82.7 Å². The number of nitrogens with zero attached hydrogens (tertiary/aromatic N) is 1. The predicted octanol–water partition coefficient (Wildman–Crippen LogP) is 3.20. The van der Waals surface area contributed by atoms with Crippen molar-refractivity contribution in [1.29, 1.82) is 0 Å². The van der Waals surface area contributed by atoms with E-state index < -0.39 is 5.60 Å². The van der Waals surface area contributed by atoms with Gasteiger partial charge in [-0.2, -0.15) is 0 Å². The summed E-state index contributed by atoms with van der Waals surface area (Å²) in [6.45, 7) is 23.3. The summed E-state index contributed by atoms with van der Waals surface area (Å²) in [5.41, 5.74) is 0.0521. The molecule has 0 aromatic carbocycles. The molecule has 1 saturated heterocycles. The van der Waals surface area contributed by atoms with Crippen LogP contribution in [0.25, 0.3) is 0 Å². The van der Waals surface area contributed by atoms with Crippen molar-refractivity contribution in [3.8, 4) is 0 Å².